The van der Waals surface area contributed by atoms with Crippen molar-refractivity contribution in [3.63, 3.8) is 0 Å². The summed E-state index contributed by atoms with van der Waals surface area (Å²) in [6.07, 6.45) is 6.21. The van der Waals surface area contributed by atoms with Crippen LogP contribution in [0.15, 0.2) is 83.3 Å². The highest BCUT2D eigenvalue weighted by Crippen LogP contribution is 2.26. The average Bonchev–Trinajstić information content (AvgIpc) is 2.96. The Labute approximate surface area is 250 Å². The number of anilines is 1. The third-order valence-electron chi connectivity index (χ3n) is 7.17. The van der Waals surface area contributed by atoms with Gasteiger partial charge < -0.3 is 15.0 Å². The number of nitrogens with zero attached hydrogens (tertiary/aromatic N) is 2. The number of rotatable bonds is 11. The second kappa shape index (κ2) is 14.0. The normalized spacial score (nSPS) is 14.6. The van der Waals surface area contributed by atoms with E-state index in [0.717, 1.165) is 52.7 Å². The Morgan fingerprint density at radius 1 is 0.927 bits per heavy atom. The molecule has 3 aromatic carbocycles. The molecule has 10 heteroatoms. The summed E-state index contributed by atoms with van der Waals surface area (Å²) in [7, 11) is -3.83. The van der Waals surface area contributed by atoms with E-state index >= 15 is 0 Å². The largest absolute Gasteiger partial charge is 0.457 e. The molecule has 1 fully saturated rings. The van der Waals surface area contributed by atoms with Gasteiger partial charge in [0.1, 0.15) is 24.1 Å². The smallest absolute Gasteiger partial charge is 0.244 e. The minimum Gasteiger partial charge on any atom is -0.457 e. The van der Waals surface area contributed by atoms with Crippen LogP contribution < -0.4 is 14.4 Å². The molecular weight excluding hydrogens is 606 g/mol. The topological polar surface area (TPSA) is 96.0 Å². The Hall–Kier alpha value is -3.37. The van der Waals surface area contributed by atoms with Crippen LogP contribution in [0.4, 0.5) is 5.69 Å². The van der Waals surface area contributed by atoms with Gasteiger partial charge in [0.2, 0.25) is 21.8 Å². The Morgan fingerprint density at radius 3 is 2.15 bits per heavy atom. The molecule has 0 spiro atoms. The van der Waals surface area contributed by atoms with E-state index in [1.54, 1.807) is 31.2 Å². The maximum absolute atomic E-state index is 13.8. The predicted molar refractivity (Wildman–Crippen MR) is 164 cm³/mol. The number of hydrogen-bond acceptors (Lipinski definition) is 5. The molecule has 0 bridgehead atoms. The van der Waals surface area contributed by atoms with Crippen LogP contribution in [-0.2, 0) is 26.2 Å². The summed E-state index contributed by atoms with van der Waals surface area (Å²) in [5.74, 6) is 0.467. The van der Waals surface area contributed by atoms with Crippen molar-refractivity contribution < 1.29 is 22.7 Å². The first kappa shape index (κ1) is 30.6. The number of amides is 2. The van der Waals surface area contributed by atoms with Crippen LogP contribution in [0, 0.1) is 0 Å². The minimum atomic E-state index is -3.83. The minimum absolute atomic E-state index is 0.0903. The van der Waals surface area contributed by atoms with Gasteiger partial charge in [0.15, 0.2) is 0 Å². The van der Waals surface area contributed by atoms with Crippen LogP contribution in [0.3, 0.4) is 0 Å². The molecule has 1 N–H and O–H groups in total. The van der Waals surface area contributed by atoms with Crippen molar-refractivity contribution >= 4 is 43.5 Å². The van der Waals surface area contributed by atoms with E-state index in [4.69, 9.17) is 4.74 Å². The number of hydrogen-bond donors (Lipinski definition) is 1. The SMILES string of the molecule is CC(C(=O)NC1CCCCC1)N(Cc1ccc(Br)cc1)C(=O)CN(c1ccc(Oc2ccccc2)cc1)S(C)(=O)=O. The Bertz CT molecular complexity index is 1410. The maximum atomic E-state index is 13.8. The van der Waals surface area contributed by atoms with E-state index in [2.05, 4.69) is 21.2 Å². The highest BCUT2D eigenvalue weighted by molar-refractivity contribution is 9.10. The van der Waals surface area contributed by atoms with Gasteiger partial charge in [0, 0.05) is 17.1 Å². The number of ether oxygens (including phenoxy) is 1. The maximum Gasteiger partial charge on any atom is 0.244 e. The summed E-state index contributed by atoms with van der Waals surface area (Å²) in [6.45, 7) is 1.40. The van der Waals surface area contributed by atoms with E-state index in [9.17, 15) is 18.0 Å². The van der Waals surface area contributed by atoms with Gasteiger partial charge in [0.25, 0.3) is 0 Å². The molecule has 0 saturated heterocycles. The number of carbonyl (C=O) groups excluding carboxylic acids is 2. The molecule has 1 unspecified atom stereocenters. The van der Waals surface area contributed by atoms with Crippen molar-refractivity contribution in [2.24, 2.45) is 0 Å². The molecule has 218 valence electrons. The van der Waals surface area contributed by atoms with E-state index in [1.807, 2.05) is 54.6 Å². The summed E-state index contributed by atoms with van der Waals surface area (Å²) in [5, 5.41) is 3.10. The summed E-state index contributed by atoms with van der Waals surface area (Å²) in [5.41, 5.74) is 1.15. The monoisotopic (exact) mass is 641 g/mol. The molecule has 1 atom stereocenters. The fourth-order valence-corrected chi connectivity index (χ4v) is 5.97. The van der Waals surface area contributed by atoms with Crippen LogP contribution in [0.5, 0.6) is 11.5 Å². The molecule has 1 saturated carbocycles. The van der Waals surface area contributed by atoms with Gasteiger partial charge >= 0.3 is 0 Å². The summed E-state index contributed by atoms with van der Waals surface area (Å²) in [4.78, 5) is 28.5. The third kappa shape index (κ3) is 8.81. The average molecular weight is 643 g/mol. The molecule has 3 aromatic rings. The Kier molecular flexibility index (Phi) is 10.4. The van der Waals surface area contributed by atoms with Crippen molar-refractivity contribution in [2.75, 3.05) is 17.1 Å². The zero-order valence-electron chi connectivity index (χ0n) is 23.3. The number of nitrogens with one attached hydrogen (secondary N) is 1. The van der Waals surface area contributed by atoms with Crippen molar-refractivity contribution in [3.8, 4) is 11.5 Å². The summed E-state index contributed by atoms with van der Waals surface area (Å²) < 4.78 is 33.5. The lowest BCUT2D eigenvalue weighted by molar-refractivity contribution is -0.139. The summed E-state index contributed by atoms with van der Waals surface area (Å²) in [6, 6.07) is 22.5. The van der Waals surface area contributed by atoms with Gasteiger partial charge in [0.05, 0.1) is 11.9 Å². The molecule has 1 aliphatic rings. The van der Waals surface area contributed by atoms with E-state index in [1.165, 1.54) is 4.90 Å². The van der Waals surface area contributed by atoms with Gasteiger partial charge in [-0.1, -0.05) is 65.5 Å². The van der Waals surface area contributed by atoms with Gasteiger partial charge in [-0.25, -0.2) is 8.42 Å². The zero-order chi connectivity index (χ0) is 29.4. The van der Waals surface area contributed by atoms with Crippen LogP contribution in [0.2, 0.25) is 0 Å². The first-order valence-corrected chi connectivity index (χ1v) is 16.4. The molecule has 8 nitrogen and oxygen atoms in total. The number of benzene rings is 3. The standard InChI is InChI=1S/C31H36BrN3O5S/c1-23(31(37)33-26-9-5-3-6-10-26)34(21-24-13-15-25(32)16-14-24)30(36)22-35(41(2,38)39)27-17-19-29(20-18-27)40-28-11-7-4-8-12-28/h4,7-8,11-20,23,26H,3,5-6,9-10,21-22H2,1-2H3,(H,33,37). The zero-order valence-corrected chi connectivity index (χ0v) is 25.7. The van der Waals surface area contributed by atoms with Crippen molar-refractivity contribution in [1.82, 2.24) is 10.2 Å². The number of carbonyl (C=O) groups is 2. The first-order chi connectivity index (χ1) is 19.6. The molecule has 0 heterocycles. The van der Waals surface area contributed by atoms with Gasteiger partial charge in [-0.15, -0.1) is 0 Å². The molecule has 4 rings (SSSR count). The van der Waals surface area contributed by atoms with Gasteiger partial charge in [-0.2, -0.15) is 0 Å². The number of halogens is 1. The fourth-order valence-electron chi connectivity index (χ4n) is 4.86. The fraction of sp³-hybridized carbons (Fsp3) is 0.355. The van der Waals surface area contributed by atoms with E-state index < -0.39 is 28.5 Å². The number of sulfonamides is 1. The van der Waals surface area contributed by atoms with Crippen molar-refractivity contribution in [1.29, 1.82) is 0 Å². The van der Waals surface area contributed by atoms with Crippen LogP contribution >= 0.6 is 15.9 Å². The van der Waals surface area contributed by atoms with Crippen LogP contribution in [0.25, 0.3) is 0 Å². The van der Waals surface area contributed by atoms with Gasteiger partial charge in [-0.3, -0.25) is 13.9 Å². The Morgan fingerprint density at radius 2 is 1.54 bits per heavy atom. The molecule has 1 aliphatic carbocycles. The highest BCUT2D eigenvalue weighted by Gasteiger charge is 2.31. The van der Waals surface area contributed by atoms with Crippen molar-refractivity contribution in [3.05, 3.63) is 88.9 Å². The van der Waals surface area contributed by atoms with Crippen molar-refractivity contribution in [2.45, 2.75) is 57.7 Å². The van der Waals surface area contributed by atoms with Gasteiger partial charge in [-0.05, 0) is 73.9 Å². The molecule has 0 aliphatic heterocycles. The predicted octanol–water partition coefficient (Wildman–Crippen LogP) is 5.87. The molecule has 2 amide bonds. The lowest BCUT2D eigenvalue weighted by Crippen LogP contribution is -2.52. The third-order valence-corrected chi connectivity index (χ3v) is 8.84. The second-order valence-corrected chi connectivity index (χ2v) is 13.2. The molecule has 41 heavy (non-hydrogen) atoms. The second-order valence-electron chi connectivity index (χ2n) is 10.3. The van der Waals surface area contributed by atoms with E-state index in [0.29, 0.717) is 17.2 Å². The molecule has 0 radical (unpaired) electrons. The summed E-state index contributed by atoms with van der Waals surface area (Å²) >= 11 is 3.42. The quantitative estimate of drug-likeness (QED) is 0.282. The number of para-hydroxylation sites is 1. The van der Waals surface area contributed by atoms with E-state index in [-0.39, 0.29) is 18.5 Å². The van der Waals surface area contributed by atoms with Crippen LogP contribution in [-0.4, -0.2) is 50.0 Å². The van der Waals surface area contributed by atoms with Crippen LogP contribution in [0.1, 0.15) is 44.6 Å². The lowest BCUT2D eigenvalue weighted by atomic mass is 9.95. The lowest BCUT2D eigenvalue weighted by Gasteiger charge is -2.33. The Balaban J connectivity index is 1.54. The molecule has 0 aromatic heterocycles. The highest BCUT2D eigenvalue weighted by atomic mass is 79.9. The first-order valence-electron chi connectivity index (χ1n) is 13.7. The molecular formula is C31H36BrN3O5S.